The van der Waals surface area contributed by atoms with Gasteiger partial charge in [-0.2, -0.15) is 0 Å². The smallest absolute Gasteiger partial charge is 0.326 e. The first-order valence-electron chi connectivity index (χ1n) is 11.0. The van der Waals surface area contributed by atoms with E-state index < -0.39 is 12.0 Å². The molecule has 1 unspecified atom stereocenters. The lowest BCUT2D eigenvalue weighted by Crippen LogP contribution is -2.48. The number of carboxylic acids is 1. The number of rotatable bonds is 8. The molecule has 10 heteroatoms. The number of aromatic hydroxyl groups is 1. The number of aliphatic carboxylic acids is 1. The molecule has 0 bridgehead atoms. The van der Waals surface area contributed by atoms with Crippen LogP contribution in [0.5, 0.6) is 5.75 Å². The topological polar surface area (TPSA) is 107 Å². The molecule has 3 N–H and O–H groups in total. The van der Waals surface area contributed by atoms with Crippen molar-refractivity contribution in [2.45, 2.75) is 30.2 Å². The van der Waals surface area contributed by atoms with Crippen molar-refractivity contribution >= 4 is 58.8 Å². The summed E-state index contributed by atoms with van der Waals surface area (Å²) in [6, 6.07) is 8.75. The third kappa shape index (κ3) is 7.16. The van der Waals surface area contributed by atoms with E-state index in [0.717, 1.165) is 4.90 Å². The van der Waals surface area contributed by atoms with Crippen molar-refractivity contribution in [2.24, 2.45) is 5.92 Å². The number of hydrogen-bond acceptors (Lipinski definition) is 5. The molecule has 2 aromatic carbocycles. The Morgan fingerprint density at radius 3 is 2.37 bits per heavy atom. The number of carbonyl (C=O) groups is 3. The molecule has 0 saturated carbocycles. The Labute approximate surface area is 218 Å². The standard InChI is InChI=1S/C25H26Cl2N2O5S/c1-35-20-8-4-16(22(26)23(20)27)5-9-21(31)29-12-10-17(11-13-29)24(32)28-19(25(33)34)14-15-2-6-18(30)7-3-15/h2-9,17,19,30H,10-14H2,1H3,(H,28,32)(H,33,34). The van der Waals surface area contributed by atoms with Crippen LogP contribution in [-0.2, 0) is 20.8 Å². The van der Waals surface area contributed by atoms with Crippen molar-refractivity contribution in [3.8, 4) is 5.75 Å². The summed E-state index contributed by atoms with van der Waals surface area (Å²) in [5, 5.41) is 22.4. The first-order valence-corrected chi connectivity index (χ1v) is 13.0. The normalized spacial score (nSPS) is 15.2. The third-order valence-corrected chi connectivity index (χ3v) is 7.66. The molecule has 0 aliphatic carbocycles. The molecule has 186 valence electrons. The highest BCUT2D eigenvalue weighted by molar-refractivity contribution is 7.98. The minimum absolute atomic E-state index is 0.0845. The number of piperidine rings is 1. The molecule has 3 rings (SSSR count). The third-order valence-electron chi connectivity index (χ3n) is 5.87. The number of halogens is 2. The molecule has 2 aromatic rings. The van der Waals surface area contributed by atoms with E-state index in [2.05, 4.69) is 5.32 Å². The lowest BCUT2D eigenvalue weighted by atomic mass is 9.95. The van der Waals surface area contributed by atoms with Gasteiger partial charge in [0.25, 0.3) is 0 Å². The molecule has 1 saturated heterocycles. The Kier molecular flexibility index (Phi) is 9.48. The lowest BCUT2D eigenvalue weighted by molar-refractivity contribution is -0.142. The minimum Gasteiger partial charge on any atom is -0.508 e. The number of nitrogens with one attached hydrogen (secondary N) is 1. The second-order valence-electron chi connectivity index (χ2n) is 8.19. The summed E-state index contributed by atoms with van der Waals surface area (Å²) in [4.78, 5) is 39.5. The Hall–Kier alpha value is -2.68. The van der Waals surface area contributed by atoms with Crippen LogP contribution in [0.1, 0.15) is 24.0 Å². The molecule has 1 aliphatic rings. The molecule has 1 atom stereocenters. The number of carboxylic acid groups (broad SMARTS) is 1. The average molecular weight is 537 g/mol. The zero-order valence-electron chi connectivity index (χ0n) is 19.0. The number of thioether (sulfide) groups is 1. The molecule has 7 nitrogen and oxygen atoms in total. The maximum absolute atomic E-state index is 12.7. The van der Waals surface area contributed by atoms with E-state index in [1.807, 2.05) is 12.3 Å². The van der Waals surface area contributed by atoms with Gasteiger partial charge >= 0.3 is 5.97 Å². The first-order chi connectivity index (χ1) is 16.7. The molecule has 1 aliphatic heterocycles. The quantitative estimate of drug-likeness (QED) is 0.339. The average Bonchev–Trinajstić information content (AvgIpc) is 2.85. The molecule has 0 radical (unpaired) electrons. The Balaban J connectivity index is 1.53. The van der Waals surface area contributed by atoms with Crippen molar-refractivity contribution in [1.82, 2.24) is 10.2 Å². The van der Waals surface area contributed by atoms with E-state index in [-0.39, 0.29) is 29.9 Å². The number of likely N-dealkylation sites (tertiary alicyclic amines) is 1. The predicted octanol–water partition coefficient (Wildman–Crippen LogP) is 4.48. The summed E-state index contributed by atoms with van der Waals surface area (Å²) in [5.74, 6) is -1.96. The highest BCUT2D eigenvalue weighted by atomic mass is 35.5. The summed E-state index contributed by atoms with van der Waals surface area (Å²) in [6.07, 6.45) is 5.94. The van der Waals surface area contributed by atoms with Crippen LogP contribution in [0.3, 0.4) is 0 Å². The van der Waals surface area contributed by atoms with Gasteiger partial charge in [-0.05, 0) is 54.5 Å². The van der Waals surface area contributed by atoms with Crippen molar-refractivity contribution in [3.05, 3.63) is 63.6 Å². The highest BCUT2D eigenvalue weighted by Gasteiger charge is 2.29. The fourth-order valence-electron chi connectivity index (χ4n) is 3.82. The van der Waals surface area contributed by atoms with Crippen LogP contribution in [0, 0.1) is 5.92 Å². The molecular weight excluding hydrogens is 511 g/mol. The number of benzene rings is 2. The zero-order chi connectivity index (χ0) is 25.5. The van der Waals surface area contributed by atoms with Gasteiger partial charge in [-0.3, -0.25) is 9.59 Å². The Morgan fingerprint density at radius 1 is 1.11 bits per heavy atom. The first kappa shape index (κ1) is 26.9. The molecule has 1 heterocycles. The van der Waals surface area contributed by atoms with Gasteiger partial charge in [-0.15, -0.1) is 11.8 Å². The van der Waals surface area contributed by atoms with E-state index in [9.17, 15) is 24.6 Å². The van der Waals surface area contributed by atoms with Crippen molar-refractivity contribution in [2.75, 3.05) is 19.3 Å². The number of nitrogens with zero attached hydrogens (tertiary/aromatic N) is 1. The van der Waals surface area contributed by atoms with E-state index in [4.69, 9.17) is 23.2 Å². The molecule has 1 fully saturated rings. The summed E-state index contributed by atoms with van der Waals surface area (Å²) < 4.78 is 0. The maximum Gasteiger partial charge on any atom is 0.326 e. The molecule has 35 heavy (non-hydrogen) atoms. The fourth-order valence-corrected chi connectivity index (χ4v) is 4.99. The van der Waals surface area contributed by atoms with Crippen LogP contribution < -0.4 is 5.32 Å². The van der Waals surface area contributed by atoms with E-state index in [0.29, 0.717) is 47.1 Å². The lowest BCUT2D eigenvalue weighted by Gasteiger charge is -2.31. The molecular formula is C25H26Cl2N2O5S. The molecule has 0 spiro atoms. The van der Waals surface area contributed by atoms with Gasteiger partial charge in [0.1, 0.15) is 11.8 Å². The number of phenolic OH excluding ortho intramolecular Hbond substituents is 1. The van der Waals surface area contributed by atoms with Crippen LogP contribution in [0.25, 0.3) is 6.08 Å². The van der Waals surface area contributed by atoms with Gasteiger partial charge in [0.15, 0.2) is 0 Å². The van der Waals surface area contributed by atoms with Gasteiger partial charge in [0.05, 0.1) is 10.0 Å². The van der Waals surface area contributed by atoms with Crippen molar-refractivity contribution in [3.63, 3.8) is 0 Å². The van der Waals surface area contributed by atoms with E-state index in [1.165, 1.54) is 30.0 Å². The molecule has 2 amide bonds. The summed E-state index contributed by atoms with van der Waals surface area (Å²) in [7, 11) is 0. The van der Waals surface area contributed by atoms with Crippen LogP contribution in [-0.4, -0.2) is 58.3 Å². The van der Waals surface area contributed by atoms with Gasteiger partial charge in [0.2, 0.25) is 11.8 Å². The fraction of sp³-hybridized carbons (Fsp3) is 0.320. The maximum atomic E-state index is 12.7. The highest BCUT2D eigenvalue weighted by Crippen LogP contribution is 2.35. The summed E-state index contributed by atoms with van der Waals surface area (Å²) in [5.41, 5.74) is 1.33. The van der Waals surface area contributed by atoms with E-state index >= 15 is 0 Å². The largest absolute Gasteiger partial charge is 0.508 e. The zero-order valence-corrected chi connectivity index (χ0v) is 21.4. The van der Waals surface area contributed by atoms with Gasteiger partial charge < -0.3 is 20.4 Å². The van der Waals surface area contributed by atoms with Gasteiger partial charge in [-0.1, -0.05) is 41.4 Å². The summed E-state index contributed by atoms with van der Waals surface area (Å²) >= 11 is 14.0. The minimum atomic E-state index is -1.13. The van der Waals surface area contributed by atoms with Crippen LogP contribution in [0.2, 0.25) is 10.0 Å². The van der Waals surface area contributed by atoms with Crippen LogP contribution in [0.4, 0.5) is 0 Å². The monoisotopic (exact) mass is 536 g/mol. The number of carbonyl (C=O) groups excluding carboxylic acids is 2. The second kappa shape index (κ2) is 12.3. The molecule has 0 aromatic heterocycles. The van der Waals surface area contributed by atoms with Gasteiger partial charge in [0, 0.05) is 36.4 Å². The van der Waals surface area contributed by atoms with Crippen LogP contribution >= 0.6 is 35.0 Å². The predicted molar refractivity (Wildman–Crippen MR) is 138 cm³/mol. The van der Waals surface area contributed by atoms with Crippen molar-refractivity contribution < 1.29 is 24.6 Å². The number of amides is 2. The Morgan fingerprint density at radius 2 is 1.77 bits per heavy atom. The van der Waals surface area contributed by atoms with E-state index in [1.54, 1.807) is 29.2 Å². The number of hydrogen-bond donors (Lipinski definition) is 3. The number of phenols is 1. The van der Waals surface area contributed by atoms with Gasteiger partial charge in [-0.25, -0.2) is 4.79 Å². The van der Waals surface area contributed by atoms with Crippen molar-refractivity contribution in [1.29, 1.82) is 0 Å². The second-order valence-corrected chi connectivity index (χ2v) is 9.79. The Bertz CT molecular complexity index is 1120. The van der Waals surface area contributed by atoms with Crippen LogP contribution in [0.15, 0.2) is 47.4 Å². The summed E-state index contributed by atoms with van der Waals surface area (Å²) in [6.45, 7) is 0.772. The SMILES string of the molecule is CSc1ccc(C=CC(=O)N2CCC(C(=O)NC(Cc3ccc(O)cc3)C(=O)O)CC2)c(Cl)c1Cl.